The predicted molar refractivity (Wildman–Crippen MR) is 122 cm³/mol. The molecule has 2 unspecified atom stereocenters. The van der Waals surface area contributed by atoms with Crippen LogP contribution in [0.5, 0.6) is 5.75 Å². The van der Waals surface area contributed by atoms with E-state index in [0.717, 1.165) is 17.7 Å². The highest BCUT2D eigenvalue weighted by molar-refractivity contribution is 14.0. The van der Waals surface area contributed by atoms with Gasteiger partial charge in [-0.1, -0.05) is 23.4 Å². The molecule has 2 aromatic rings. The predicted octanol–water partition coefficient (Wildman–Crippen LogP) is 3.75. The van der Waals surface area contributed by atoms with Crippen molar-refractivity contribution < 1.29 is 14.0 Å². The number of aliphatic imine (C=N–C) groups is 1. The van der Waals surface area contributed by atoms with Crippen molar-refractivity contribution in [1.29, 1.82) is 0 Å². The summed E-state index contributed by atoms with van der Waals surface area (Å²) in [6, 6.07) is 8.17. The average Bonchev–Trinajstić information content (AvgIpc) is 3.13. The summed E-state index contributed by atoms with van der Waals surface area (Å²) in [7, 11) is 1.74. The molecule has 0 spiro atoms. The summed E-state index contributed by atoms with van der Waals surface area (Å²) in [5.74, 6) is 2.59. The van der Waals surface area contributed by atoms with Crippen molar-refractivity contribution in [1.82, 2.24) is 20.8 Å². The minimum absolute atomic E-state index is 0. The number of para-hydroxylation sites is 1. The number of hydrogen-bond acceptors (Lipinski definition) is 6. The Kier molecular flexibility index (Phi) is 8.26. The first-order chi connectivity index (χ1) is 13.4. The van der Waals surface area contributed by atoms with Crippen LogP contribution in [-0.2, 0) is 11.3 Å². The number of halogens is 1. The number of nitrogens with zero attached hydrogens (tertiary/aromatic N) is 3. The van der Waals surface area contributed by atoms with Crippen LogP contribution in [-0.4, -0.2) is 35.4 Å². The highest BCUT2D eigenvalue weighted by atomic mass is 127. The summed E-state index contributed by atoms with van der Waals surface area (Å²) in [4.78, 5) is 8.70. The molecule has 0 fully saturated rings. The van der Waals surface area contributed by atoms with Crippen molar-refractivity contribution >= 4 is 29.9 Å². The van der Waals surface area contributed by atoms with E-state index in [1.165, 1.54) is 0 Å². The molecule has 2 heterocycles. The molecule has 0 amide bonds. The number of nitrogens with one attached hydrogen (secondary N) is 2. The lowest BCUT2D eigenvalue weighted by atomic mass is 9.90. The largest absolute Gasteiger partial charge is 0.487 e. The molecule has 0 saturated carbocycles. The van der Waals surface area contributed by atoms with Gasteiger partial charge in [0.05, 0.1) is 12.6 Å². The van der Waals surface area contributed by atoms with Gasteiger partial charge in [0, 0.05) is 25.6 Å². The van der Waals surface area contributed by atoms with Gasteiger partial charge in [0.15, 0.2) is 11.8 Å². The number of hydrogen-bond donors (Lipinski definition) is 2. The minimum atomic E-state index is -0.262. The Hall–Kier alpha value is -1.88. The van der Waals surface area contributed by atoms with E-state index in [4.69, 9.17) is 14.0 Å². The summed E-state index contributed by atoms with van der Waals surface area (Å²) < 4.78 is 16.9. The number of benzene rings is 1. The highest BCUT2D eigenvalue weighted by Gasteiger charge is 2.34. The lowest BCUT2D eigenvalue weighted by molar-refractivity contribution is 0.0682. The minimum Gasteiger partial charge on any atom is -0.487 e. The van der Waals surface area contributed by atoms with Gasteiger partial charge in [0.2, 0.25) is 5.89 Å². The molecule has 0 radical (unpaired) electrons. The quantitative estimate of drug-likeness (QED) is 0.344. The van der Waals surface area contributed by atoms with Gasteiger partial charge in [0.25, 0.3) is 0 Å². The van der Waals surface area contributed by atoms with Crippen LogP contribution in [0.1, 0.15) is 63.5 Å². The SMILES string of the molecule is CCOC(C)c1noc(CNC(=NC)NC2CC(C)(C)Oc3ccccc32)n1.I. The van der Waals surface area contributed by atoms with E-state index < -0.39 is 0 Å². The van der Waals surface area contributed by atoms with Crippen LogP contribution in [0, 0.1) is 0 Å². The molecule has 0 aliphatic carbocycles. The van der Waals surface area contributed by atoms with Gasteiger partial charge in [-0.25, -0.2) is 0 Å². The Morgan fingerprint density at radius 3 is 2.86 bits per heavy atom. The summed E-state index contributed by atoms with van der Waals surface area (Å²) in [6.45, 7) is 8.99. The lowest BCUT2D eigenvalue weighted by Crippen LogP contribution is -2.45. The fourth-order valence-corrected chi connectivity index (χ4v) is 3.28. The molecule has 9 heteroatoms. The Morgan fingerprint density at radius 2 is 2.14 bits per heavy atom. The molecule has 2 atom stereocenters. The molecule has 3 rings (SSSR count). The van der Waals surface area contributed by atoms with Crippen LogP contribution in [0.25, 0.3) is 0 Å². The first-order valence-corrected chi connectivity index (χ1v) is 9.61. The maximum absolute atomic E-state index is 6.09. The molecule has 0 saturated heterocycles. The fraction of sp³-hybridized carbons (Fsp3) is 0.550. The molecule has 8 nitrogen and oxygen atoms in total. The third-order valence-electron chi connectivity index (χ3n) is 4.58. The molecule has 1 aliphatic rings. The summed E-state index contributed by atoms with van der Waals surface area (Å²) in [6.07, 6.45) is 0.627. The van der Waals surface area contributed by atoms with E-state index in [0.29, 0.717) is 30.8 Å². The van der Waals surface area contributed by atoms with E-state index >= 15 is 0 Å². The van der Waals surface area contributed by atoms with Crippen LogP contribution >= 0.6 is 24.0 Å². The fourth-order valence-electron chi connectivity index (χ4n) is 3.28. The second-order valence-electron chi connectivity index (χ2n) is 7.37. The summed E-state index contributed by atoms with van der Waals surface area (Å²) in [5.41, 5.74) is 0.859. The van der Waals surface area contributed by atoms with Crippen LogP contribution in [0.3, 0.4) is 0 Å². The zero-order valence-electron chi connectivity index (χ0n) is 17.6. The smallest absolute Gasteiger partial charge is 0.246 e. The first kappa shape index (κ1) is 23.4. The van der Waals surface area contributed by atoms with Gasteiger partial charge in [-0.05, 0) is 33.8 Å². The van der Waals surface area contributed by atoms with Gasteiger partial charge in [0.1, 0.15) is 17.5 Å². The lowest BCUT2D eigenvalue weighted by Gasteiger charge is -2.38. The van der Waals surface area contributed by atoms with Gasteiger partial charge >= 0.3 is 0 Å². The third kappa shape index (κ3) is 6.05. The van der Waals surface area contributed by atoms with Crippen molar-refractivity contribution in [2.45, 2.75) is 58.4 Å². The highest BCUT2D eigenvalue weighted by Crippen LogP contribution is 2.39. The first-order valence-electron chi connectivity index (χ1n) is 9.61. The van der Waals surface area contributed by atoms with E-state index in [1.807, 2.05) is 32.0 Å². The van der Waals surface area contributed by atoms with Gasteiger partial charge in [-0.15, -0.1) is 24.0 Å². The van der Waals surface area contributed by atoms with E-state index in [2.05, 4.69) is 45.7 Å². The van der Waals surface area contributed by atoms with E-state index in [-0.39, 0.29) is 41.7 Å². The maximum atomic E-state index is 6.09. The zero-order valence-corrected chi connectivity index (χ0v) is 19.9. The van der Waals surface area contributed by atoms with Crippen molar-refractivity contribution in [2.75, 3.05) is 13.7 Å². The van der Waals surface area contributed by atoms with Crippen LogP contribution in [0.4, 0.5) is 0 Å². The Balaban J connectivity index is 0.00000300. The Bertz CT molecular complexity index is 824. The number of aromatic nitrogens is 2. The van der Waals surface area contributed by atoms with Gasteiger partial charge in [-0.3, -0.25) is 4.99 Å². The number of ether oxygens (including phenoxy) is 2. The number of rotatable bonds is 6. The normalized spacial score (nSPS) is 18.8. The molecular weight excluding hydrogens is 485 g/mol. The average molecular weight is 515 g/mol. The van der Waals surface area contributed by atoms with Crippen molar-refractivity contribution in [3.63, 3.8) is 0 Å². The second-order valence-corrected chi connectivity index (χ2v) is 7.37. The number of fused-ring (bicyclic) bond motifs is 1. The maximum Gasteiger partial charge on any atom is 0.246 e. The Morgan fingerprint density at radius 1 is 1.38 bits per heavy atom. The molecule has 1 aliphatic heterocycles. The van der Waals surface area contributed by atoms with E-state index in [1.54, 1.807) is 7.05 Å². The van der Waals surface area contributed by atoms with Crippen LogP contribution in [0.2, 0.25) is 0 Å². The monoisotopic (exact) mass is 515 g/mol. The second kappa shape index (κ2) is 10.2. The van der Waals surface area contributed by atoms with Crippen molar-refractivity contribution in [3.8, 4) is 5.75 Å². The summed E-state index contributed by atoms with van der Waals surface area (Å²) in [5, 5.41) is 10.7. The molecule has 2 N–H and O–H groups in total. The molecule has 1 aromatic carbocycles. The molecule has 0 bridgehead atoms. The zero-order chi connectivity index (χ0) is 20.1. The standard InChI is InChI=1S/C20H29N5O3.HI/c1-6-26-13(2)18-24-17(28-25-18)12-22-19(21-5)23-15-11-20(3,4)27-16-10-8-7-9-14(15)16;/h7-10,13,15H,6,11-12H2,1-5H3,(H2,21,22,23);1H. The third-order valence-corrected chi connectivity index (χ3v) is 4.58. The number of guanidine groups is 1. The molecule has 29 heavy (non-hydrogen) atoms. The van der Waals surface area contributed by atoms with E-state index in [9.17, 15) is 0 Å². The van der Waals surface area contributed by atoms with Crippen molar-refractivity contribution in [2.24, 2.45) is 4.99 Å². The molecule has 160 valence electrons. The van der Waals surface area contributed by atoms with Gasteiger partial charge in [-0.2, -0.15) is 4.98 Å². The van der Waals surface area contributed by atoms with Crippen LogP contribution in [0.15, 0.2) is 33.8 Å². The topological polar surface area (TPSA) is 93.8 Å². The summed E-state index contributed by atoms with van der Waals surface area (Å²) >= 11 is 0. The molecule has 1 aromatic heterocycles. The molecular formula is C20H30IN5O3. The van der Waals surface area contributed by atoms with Crippen molar-refractivity contribution in [3.05, 3.63) is 41.5 Å². The Labute approximate surface area is 188 Å². The van der Waals surface area contributed by atoms with Gasteiger partial charge < -0.3 is 24.6 Å². The van der Waals surface area contributed by atoms with Crippen LogP contribution < -0.4 is 15.4 Å².